The van der Waals surface area contributed by atoms with E-state index in [1.165, 1.54) is 6.92 Å². The molecule has 9 heteroatoms. The van der Waals surface area contributed by atoms with Crippen LogP contribution < -0.4 is 0 Å². The molecule has 0 bridgehead atoms. The number of carbonyl (C=O) groups excluding carboxylic acids is 4. The summed E-state index contributed by atoms with van der Waals surface area (Å²) in [5, 5.41) is 0. The Morgan fingerprint density at radius 2 is 1.34 bits per heavy atom. The minimum Gasteiger partial charge on any atom is -0.465 e. The average molecular weight is 481 g/mol. The summed E-state index contributed by atoms with van der Waals surface area (Å²) >= 11 is 3.22. The lowest BCUT2D eigenvalue weighted by Crippen LogP contribution is -2.43. The van der Waals surface area contributed by atoms with Crippen LogP contribution in [-0.4, -0.2) is 55.1 Å². The van der Waals surface area contributed by atoms with Gasteiger partial charge >= 0.3 is 23.9 Å². The topological polar surface area (TPSA) is 105 Å². The summed E-state index contributed by atoms with van der Waals surface area (Å²) in [4.78, 5) is 49.0. The predicted octanol–water partition coefficient (Wildman–Crippen LogP) is 3.19. The monoisotopic (exact) mass is 480 g/mol. The van der Waals surface area contributed by atoms with Crippen LogP contribution in [0.3, 0.4) is 0 Å². The Morgan fingerprint density at radius 1 is 0.828 bits per heavy atom. The van der Waals surface area contributed by atoms with Gasteiger partial charge in [0, 0.05) is 0 Å². The van der Waals surface area contributed by atoms with E-state index in [1.54, 1.807) is 20.8 Å². The number of alkyl halides is 1. The first kappa shape index (κ1) is 27.4. The van der Waals surface area contributed by atoms with E-state index < -0.39 is 40.0 Å². The van der Waals surface area contributed by atoms with E-state index >= 15 is 0 Å². The van der Waals surface area contributed by atoms with Crippen molar-refractivity contribution < 1.29 is 38.1 Å². The van der Waals surface area contributed by atoms with Gasteiger partial charge in [-0.2, -0.15) is 0 Å². The lowest BCUT2D eigenvalue weighted by atomic mass is 9.79. The minimum atomic E-state index is -1.71. The Balaban J connectivity index is 5.67. The van der Waals surface area contributed by atoms with Crippen LogP contribution in [0.25, 0.3) is 0 Å². The summed E-state index contributed by atoms with van der Waals surface area (Å²) in [6, 6.07) is 0. The van der Waals surface area contributed by atoms with Gasteiger partial charge in [-0.15, -0.1) is 0 Å². The molecule has 0 aliphatic heterocycles. The Morgan fingerprint density at radius 3 is 1.79 bits per heavy atom. The van der Waals surface area contributed by atoms with Crippen molar-refractivity contribution in [2.75, 3.05) is 26.4 Å². The molecule has 0 aliphatic rings. The molecule has 168 valence electrons. The molecule has 0 aromatic carbocycles. The summed E-state index contributed by atoms with van der Waals surface area (Å²) in [5.41, 5.74) is -1.71. The van der Waals surface area contributed by atoms with E-state index in [0.717, 1.165) is 6.42 Å². The molecule has 0 saturated heterocycles. The van der Waals surface area contributed by atoms with Crippen LogP contribution in [0.4, 0.5) is 0 Å². The molecule has 0 radical (unpaired) electrons. The summed E-state index contributed by atoms with van der Waals surface area (Å²) in [6.45, 7) is 8.80. The first-order chi connectivity index (χ1) is 13.7. The number of carbonyl (C=O) groups is 4. The van der Waals surface area contributed by atoms with Crippen LogP contribution in [0.15, 0.2) is 0 Å². The molecular weight excluding hydrogens is 448 g/mol. The van der Waals surface area contributed by atoms with Gasteiger partial charge in [0.05, 0.1) is 32.3 Å². The molecule has 0 spiro atoms. The minimum absolute atomic E-state index is 0.00179. The quantitative estimate of drug-likeness (QED) is 0.123. The summed E-state index contributed by atoms with van der Waals surface area (Å²) in [6.07, 6.45) is 1.31. The third-order valence-electron chi connectivity index (χ3n) is 4.22. The van der Waals surface area contributed by atoms with Crippen LogP contribution in [0.2, 0.25) is 0 Å². The highest BCUT2D eigenvalue weighted by Crippen LogP contribution is 2.34. The van der Waals surface area contributed by atoms with E-state index in [0.29, 0.717) is 6.42 Å². The number of ether oxygens (including phenoxy) is 4. The molecular formula is C20H33BrO8. The smallest absolute Gasteiger partial charge is 0.323 e. The molecule has 0 heterocycles. The van der Waals surface area contributed by atoms with E-state index in [4.69, 9.17) is 18.9 Å². The molecule has 0 amide bonds. The fraction of sp³-hybridized carbons (Fsp3) is 0.800. The van der Waals surface area contributed by atoms with E-state index in [1.807, 2.05) is 6.92 Å². The maximum atomic E-state index is 12.7. The van der Waals surface area contributed by atoms with E-state index in [2.05, 4.69) is 15.9 Å². The summed E-state index contributed by atoms with van der Waals surface area (Å²) in [7, 11) is 0. The maximum absolute atomic E-state index is 12.7. The van der Waals surface area contributed by atoms with Gasteiger partial charge in [0.2, 0.25) is 0 Å². The molecule has 0 saturated carbocycles. The second-order valence-electron chi connectivity index (χ2n) is 6.65. The van der Waals surface area contributed by atoms with E-state index in [9.17, 15) is 19.2 Å². The lowest BCUT2D eigenvalue weighted by molar-refractivity contribution is -0.173. The van der Waals surface area contributed by atoms with Crippen LogP contribution in [0, 0.1) is 11.3 Å². The average Bonchev–Trinajstić information content (AvgIpc) is 2.67. The van der Waals surface area contributed by atoms with Crippen molar-refractivity contribution in [2.45, 2.75) is 65.1 Å². The zero-order valence-corrected chi connectivity index (χ0v) is 19.5. The van der Waals surface area contributed by atoms with Crippen molar-refractivity contribution in [2.24, 2.45) is 11.3 Å². The Kier molecular flexibility index (Phi) is 13.5. The van der Waals surface area contributed by atoms with Crippen LogP contribution >= 0.6 is 15.9 Å². The summed E-state index contributed by atoms with van der Waals surface area (Å²) in [5.74, 6) is -3.61. The lowest BCUT2D eigenvalue weighted by Gasteiger charge is -2.29. The number of esters is 4. The third kappa shape index (κ3) is 9.14. The highest BCUT2D eigenvalue weighted by molar-refractivity contribution is 9.10. The third-order valence-corrected chi connectivity index (χ3v) is 4.96. The summed E-state index contributed by atoms with van der Waals surface area (Å²) < 4.78 is 20.4. The second-order valence-corrected chi connectivity index (χ2v) is 7.76. The largest absolute Gasteiger partial charge is 0.465 e. The molecule has 2 unspecified atom stereocenters. The van der Waals surface area contributed by atoms with Crippen molar-refractivity contribution in [3.05, 3.63) is 0 Å². The van der Waals surface area contributed by atoms with Crippen molar-refractivity contribution in [3.63, 3.8) is 0 Å². The first-order valence-corrected chi connectivity index (χ1v) is 10.9. The van der Waals surface area contributed by atoms with Crippen LogP contribution in [-0.2, 0) is 38.1 Å². The number of hydrogen-bond acceptors (Lipinski definition) is 8. The molecule has 0 aromatic heterocycles. The van der Waals surface area contributed by atoms with Crippen molar-refractivity contribution in [3.8, 4) is 0 Å². The highest BCUT2D eigenvalue weighted by Gasteiger charge is 2.48. The van der Waals surface area contributed by atoms with Crippen molar-refractivity contribution in [1.29, 1.82) is 0 Å². The highest BCUT2D eigenvalue weighted by atomic mass is 79.9. The van der Waals surface area contributed by atoms with Gasteiger partial charge in [-0.05, 0) is 47.0 Å². The van der Waals surface area contributed by atoms with Gasteiger partial charge in [0.1, 0.15) is 4.83 Å². The maximum Gasteiger partial charge on any atom is 0.323 e. The SMILES string of the molecule is CCCCOC(=O)C(CC(Br)C(=O)OCC)CC(C)(C(=O)OCC)C(=O)OCC. The zero-order valence-electron chi connectivity index (χ0n) is 18.0. The molecule has 2 atom stereocenters. The van der Waals surface area contributed by atoms with Gasteiger partial charge in [0.15, 0.2) is 5.41 Å². The predicted molar refractivity (Wildman–Crippen MR) is 109 cm³/mol. The fourth-order valence-electron chi connectivity index (χ4n) is 2.60. The van der Waals surface area contributed by atoms with Gasteiger partial charge in [-0.25, -0.2) is 0 Å². The van der Waals surface area contributed by atoms with Gasteiger partial charge < -0.3 is 18.9 Å². The fourth-order valence-corrected chi connectivity index (χ4v) is 3.18. The number of rotatable bonds is 14. The molecule has 0 aromatic rings. The number of halogens is 1. The van der Waals surface area contributed by atoms with Crippen molar-refractivity contribution in [1.82, 2.24) is 0 Å². The number of unbranched alkanes of at least 4 members (excludes halogenated alkanes) is 1. The molecule has 8 nitrogen and oxygen atoms in total. The Labute approximate surface area is 181 Å². The zero-order chi connectivity index (χ0) is 22.4. The van der Waals surface area contributed by atoms with Crippen LogP contribution in [0.5, 0.6) is 0 Å². The molecule has 0 fully saturated rings. The number of hydrogen-bond donors (Lipinski definition) is 0. The van der Waals surface area contributed by atoms with Crippen LogP contribution in [0.1, 0.15) is 60.3 Å². The second kappa shape index (κ2) is 14.4. The standard InChI is InChI=1S/C20H33BrO8/c1-6-10-11-29-16(22)14(12-15(21)17(23)26-7-2)13-20(5,18(24)27-8-3)19(25)28-9-4/h14-15H,6-13H2,1-5H3. The van der Waals surface area contributed by atoms with E-state index in [-0.39, 0.29) is 39.3 Å². The normalized spacial score (nSPS) is 13.2. The molecule has 0 N–H and O–H groups in total. The molecule has 0 rings (SSSR count). The molecule has 0 aliphatic carbocycles. The Hall–Kier alpha value is -1.64. The molecule has 29 heavy (non-hydrogen) atoms. The van der Waals surface area contributed by atoms with Gasteiger partial charge in [-0.1, -0.05) is 29.3 Å². The van der Waals surface area contributed by atoms with Gasteiger partial charge in [-0.3, -0.25) is 19.2 Å². The van der Waals surface area contributed by atoms with Crippen molar-refractivity contribution >= 4 is 39.8 Å². The first-order valence-electron chi connectivity index (χ1n) is 9.99. The van der Waals surface area contributed by atoms with Gasteiger partial charge in [0.25, 0.3) is 0 Å². The Bertz CT molecular complexity index is 531.